The number of imidazole rings is 1. The SMILES string of the molecule is Cc1nn2c(-c3ccnc4cc(Cl)ccc34)cnc2cc1-c1ccc(N2CCN(C(=O)OC(C)(C)C)CC2)cc1. The molecule has 9 heteroatoms. The van der Waals surface area contributed by atoms with Crippen LogP contribution in [0, 0.1) is 6.92 Å². The number of amides is 1. The Hall–Kier alpha value is -4.17. The second-order valence-electron chi connectivity index (χ2n) is 11.1. The predicted molar refractivity (Wildman–Crippen MR) is 159 cm³/mol. The summed E-state index contributed by atoms with van der Waals surface area (Å²) in [5.41, 5.74) is 7.19. The molecular weight excluding hydrogens is 524 g/mol. The van der Waals surface area contributed by atoms with Gasteiger partial charge in [0, 0.05) is 59.6 Å². The Morgan fingerprint density at radius 1 is 0.925 bits per heavy atom. The molecule has 1 fully saturated rings. The molecule has 0 saturated carbocycles. The standard InChI is InChI=1S/C31H31ClN6O2/c1-20-26(21-5-8-23(9-6-21)36-13-15-37(16-14-36)30(39)40-31(2,3)4)18-29-34-19-28(38(29)35-20)25-11-12-33-27-17-22(32)7-10-24(25)27/h5-12,17-19H,13-16H2,1-4H3. The van der Waals surface area contributed by atoms with E-state index in [-0.39, 0.29) is 6.09 Å². The highest BCUT2D eigenvalue weighted by atomic mass is 35.5. The van der Waals surface area contributed by atoms with Gasteiger partial charge in [0.05, 0.1) is 23.1 Å². The number of pyridine rings is 1. The number of halogens is 1. The third kappa shape index (κ3) is 5.07. The van der Waals surface area contributed by atoms with Gasteiger partial charge in [-0.15, -0.1) is 0 Å². The number of hydrogen-bond donors (Lipinski definition) is 0. The molecule has 1 aliphatic rings. The molecule has 0 atom stereocenters. The number of anilines is 1. The zero-order valence-corrected chi connectivity index (χ0v) is 23.8. The van der Waals surface area contributed by atoms with E-state index in [1.807, 2.05) is 62.7 Å². The summed E-state index contributed by atoms with van der Waals surface area (Å²) >= 11 is 6.19. The summed E-state index contributed by atoms with van der Waals surface area (Å²) in [5, 5.41) is 6.58. The zero-order valence-electron chi connectivity index (χ0n) is 23.1. The van der Waals surface area contributed by atoms with Crippen LogP contribution in [0.25, 0.3) is 38.9 Å². The number of fused-ring (bicyclic) bond motifs is 2. The van der Waals surface area contributed by atoms with Crippen LogP contribution in [0.15, 0.2) is 67.0 Å². The molecule has 3 aromatic heterocycles. The van der Waals surface area contributed by atoms with Crippen molar-refractivity contribution in [1.82, 2.24) is 24.5 Å². The molecule has 0 aliphatic carbocycles. The van der Waals surface area contributed by atoms with Crippen LogP contribution in [0.1, 0.15) is 26.5 Å². The van der Waals surface area contributed by atoms with Gasteiger partial charge in [-0.1, -0.05) is 29.8 Å². The number of carbonyl (C=O) groups is 1. The maximum Gasteiger partial charge on any atom is 0.410 e. The van der Waals surface area contributed by atoms with Gasteiger partial charge in [-0.3, -0.25) is 4.98 Å². The number of piperazine rings is 1. The molecule has 40 heavy (non-hydrogen) atoms. The van der Waals surface area contributed by atoms with Crippen molar-refractivity contribution in [3.8, 4) is 22.4 Å². The lowest BCUT2D eigenvalue weighted by Gasteiger charge is -2.36. The fourth-order valence-corrected chi connectivity index (χ4v) is 5.31. The summed E-state index contributed by atoms with van der Waals surface area (Å²) < 4.78 is 7.41. The molecule has 1 saturated heterocycles. The first-order valence-electron chi connectivity index (χ1n) is 13.4. The molecule has 0 spiro atoms. The number of aryl methyl sites for hydroxylation is 1. The normalized spacial score (nSPS) is 14.2. The molecule has 1 amide bonds. The third-order valence-electron chi connectivity index (χ3n) is 7.13. The number of rotatable bonds is 3. The molecule has 0 unspecified atom stereocenters. The van der Waals surface area contributed by atoms with Gasteiger partial charge < -0.3 is 14.5 Å². The first kappa shape index (κ1) is 26.1. The quantitative estimate of drug-likeness (QED) is 0.249. The van der Waals surface area contributed by atoms with Crippen molar-refractivity contribution < 1.29 is 9.53 Å². The average Bonchev–Trinajstić information content (AvgIpc) is 3.33. The van der Waals surface area contributed by atoms with E-state index >= 15 is 0 Å². The molecule has 2 aromatic carbocycles. The molecule has 0 radical (unpaired) electrons. The molecule has 1 aliphatic heterocycles. The topological polar surface area (TPSA) is 75.9 Å². The third-order valence-corrected chi connectivity index (χ3v) is 7.37. The molecule has 8 nitrogen and oxygen atoms in total. The molecular formula is C31H31ClN6O2. The summed E-state index contributed by atoms with van der Waals surface area (Å²) in [6.07, 6.45) is 3.40. The second kappa shape index (κ2) is 10.1. The highest BCUT2D eigenvalue weighted by Gasteiger charge is 2.26. The smallest absolute Gasteiger partial charge is 0.410 e. The van der Waals surface area contributed by atoms with E-state index in [0.717, 1.165) is 63.4 Å². The minimum absolute atomic E-state index is 0.246. The van der Waals surface area contributed by atoms with Crippen LogP contribution in [-0.4, -0.2) is 62.4 Å². The second-order valence-corrected chi connectivity index (χ2v) is 11.5. The van der Waals surface area contributed by atoms with E-state index < -0.39 is 5.60 Å². The average molecular weight is 555 g/mol. The van der Waals surface area contributed by atoms with Crippen LogP contribution in [-0.2, 0) is 4.74 Å². The van der Waals surface area contributed by atoms with Crippen molar-refractivity contribution in [2.24, 2.45) is 0 Å². The van der Waals surface area contributed by atoms with Gasteiger partial charge >= 0.3 is 6.09 Å². The van der Waals surface area contributed by atoms with Crippen molar-refractivity contribution >= 4 is 39.9 Å². The first-order valence-corrected chi connectivity index (χ1v) is 13.8. The fourth-order valence-electron chi connectivity index (χ4n) is 5.15. The lowest BCUT2D eigenvalue weighted by molar-refractivity contribution is 0.0240. The number of hydrogen-bond acceptors (Lipinski definition) is 6. The molecule has 5 aromatic rings. The number of nitrogens with zero attached hydrogens (tertiary/aromatic N) is 6. The predicted octanol–water partition coefficient (Wildman–Crippen LogP) is 6.63. The minimum atomic E-state index is -0.486. The van der Waals surface area contributed by atoms with E-state index in [4.69, 9.17) is 21.4 Å². The van der Waals surface area contributed by atoms with E-state index in [1.165, 1.54) is 0 Å². The zero-order chi connectivity index (χ0) is 28.0. The summed E-state index contributed by atoms with van der Waals surface area (Å²) in [6.45, 7) is 10.5. The summed E-state index contributed by atoms with van der Waals surface area (Å²) in [4.78, 5) is 25.6. The van der Waals surface area contributed by atoms with Crippen LogP contribution in [0.5, 0.6) is 0 Å². The Balaban J connectivity index is 1.22. The molecule has 6 rings (SSSR count). The Morgan fingerprint density at radius 3 is 2.40 bits per heavy atom. The number of aromatic nitrogens is 4. The number of ether oxygens (including phenoxy) is 1. The maximum absolute atomic E-state index is 12.4. The number of carbonyl (C=O) groups excluding carboxylic acids is 1. The molecule has 0 N–H and O–H groups in total. The van der Waals surface area contributed by atoms with E-state index in [9.17, 15) is 4.79 Å². The van der Waals surface area contributed by atoms with Crippen LogP contribution in [0.4, 0.5) is 10.5 Å². The van der Waals surface area contributed by atoms with Crippen LogP contribution < -0.4 is 4.90 Å². The summed E-state index contributed by atoms with van der Waals surface area (Å²) in [5.74, 6) is 0. The maximum atomic E-state index is 12.4. The van der Waals surface area contributed by atoms with Crippen molar-refractivity contribution in [1.29, 1.82) is 0 Å². The van der Waals surface area contributed by atoms with E-state index in [0.29, 0.717) is 18.1 Å². The Morgan fingerprint density at radius 2 is 1.68 bits per heavy atom. The largest absolute Gasteiger partial charge is 0.444 e. The van der Waals surface area contributed by atoms with Crippen molar-refractivity contribution in [2.75, 3.05) is 31.1 Å². The van der Waals surface area contributed by atoms with Crippen LogP contribution in [0.2, 0.25) is 5.02 Å². The first-order chi connectivity index (χ1) is 19.2. The van der Waals surface area contributed by atoms with Crippen molar-refractivity contribution in [3.05, 3.63) is 77.7 Å². The Bertz CT molecular complexity index is 1720. The number of benzene rings is 2. The summed E-state index contributed by atoms with van der Waals surface area (Å²) in [6, 6.07) is 18.3. The van der Waals surface area contributed by atoms with Gasteiger partial charge in [-0.05, 0) is 69.7 Å². The highest BCUT2D eigenvalue weighted by Crippen LogP contribution is 2.32. The fraction of sp³-hybridized carbons (Fsp3) is 0.290. The van der Waals surface area contributed by atoms with Gasteiger partial charge in [-0.25, -0.2) is 14.3 Å². The Kier molecular flexibility index (Phi) is 6.58. The van der Waals surface area contributed by atoms with Crippen molar-refractivity contribution in [3.63, 3.8) is 0 Å². The van der Waals surface area contributed by atoms with Crippen LogP contribution in [0.3, 0.4) is 0 Å². The monoisotopic (exact) mass is 554 g/mol. The van der Waals surface area contributed by atoms with Gasteiger partial charge in [0.15, 0.2) is 5.65 Å². The Labute approximate surface area is 238 Å². The lowest BCUT2D eigenvalue weighted by atomic mass is 10.0. The van der Waals surface area contributed by atoms with Gasteiger partial charge in [0.2, 0.25) is 0 Å². The molecule has 0 bridgehead atoms. The van der Waals surface area contributed by atoms with Crippen LogP contribution >= 0.6 is 11.6 Å². The molecule has 204 valence electrons. The minimum Gasteiger partial charge on any atom is -0.444 e. The van der Waals surface area contributed by atoms with Gasteiger partial charge in [0.1, 0.15) is 5.60 Å². The van der Waals surface area contributed by atoms with Gasteiger partial charge in [0.25, 0.3) is 0 Å². The van der Waals surface area contributed by atoms with Gasteiger partial charge in [-0.2, -0.15) is 5.10 Å². The lowest BCUT2D eigenvalue weighted by Crippen LogP contribution is -2.50. The van der Waals surface area contributed by atoms with E-state index in [2.05, 4.69) is 45.2 Å². The van der Waals surface area contributed by atoms with Crippen molar-refractivity contribution in [2.45, 2.75) is 33.3 Å². The van der Waals surface area contributed by atoms with E-state index in [1.54, 1.807) is 11.1 Å². The summed E-state index contributed by atoms with van der Waals surface area (Å²) in [7, 11) is 0. The molecule has 4 heterocycles. The highest BCUT2D eigenvalue weighted by molar-refractivity contribution is 6.31.